The molecule has 126 valence electrons. The number of ether oxygens (including phenoxy) is 3. The fraction of sp³-hybridized carbons (Fsp3) is 0.267. The van der Waals surface area contributed by atoms with Gasteiger partial charge in [0, 0.05) is 0 Å². The summed E-state index contributed by atoms with van der Waals surface area (Å²) < 4.78 is 29.9. The summed E-state index contributed by atoms with van der Waals surface area (Å²) in [5, 5.41) is 0. The fourth-order valence-corrected chi connectivity index (χ4v) is 2.15. The summed E-state index contributed by atoms with van der Waals surface area (Å²) in [5.41, 5.74) is -1.55. The lowest BCUT2D eigenvalue weighted by Gasteiger charge is -2.13. The largest absolute Gasteiger partial charge is 0.457 e. The van der Waals surface area contributed by atoms with Gasteiger partial charge in [-0.25, -0.2) is 9.59 Å². The van der Waals surface area contributed by atoms with Gasteiger partial charge in [-0.1, -0.05) is 18.2 Å². The molecule has 9 heteroatoms. The first kappa shape index (κ1) is 16.1. The summed E-state index contributed by atoms with van der Waals surface area (Å²) in [4.78, 5) is 36.3. The van der Waals surface area contributed by atoms with E-state index in [9.17, 15) is 18.8 Å². The molecule has 1 unspecified atom stereocenters. The molecule has 0 bridgehead atoms. The molecule has 2 heterocycles. The molecular formula is C15H13FN2O6. The topological polar surface area (TPSA) is 99.6 Å². The van der Waals surface area contributed by atoms with Crippen LogP contribution in [-0.2, 0) is 14.2 Å². The Morgan fingerprint density at radius 3 is 2.83 bits per heavy atom. The van der Waals surface area contributed by atoms with Crippen LogP contribution in [0.1, 0.15) is 16.6 Å². The minimum atomic E-state index is -1.11. The van der Waals surface area contributed by atoms with Crippen molar-refractivity contribution in [1.29, 1.82) is 0 Å². The molecule has 1 saturated heterocycles. The molecule has 0 radical (unpaired) electrons. The summed E-state index contributed by atoms with van der Waals surface area (Å²) in [5.74, 6) is -1.66. The number of H-pyrrole nitrogens is 1. The highest BCUT2D eigenvalue weighted by Gasteiger charge is 2.29. The number of rotatable bonds is 4. The number of nitrogens with one attached hydrogen (secondary N) is 1. The number of hydrogen-bond donors (Lipinski definition) is 1. The summed E-state index contributed by atoms with van der Waals surface area (Å²) in [6.07, 6.45) is -1.08. The Kier molecular flexibility index (Phi) is 4.54. The van der Waals surface area contributed by atoms with Crippen molar-refractivity contribution >= 4 is 5.97 Å². The number of aromatic nitrogens is 2. The molecule has 2 aromatic rings. The van der Waals surface area contributed by atoms with Gasteiger partial charge in [0.25, 0.3) is 5.56 Å². The Bertz CT molecular complexity index is 847. The van der Waals surface area contributed by atoms with Crippen molar-refractivity contribution in [3.05, 3.63) is 68.7 Å². The van der Waals surface area contributed by atoms with Crippen molar-refractivity contribution in [3.8, 4) is 0 Å². The lowest BCUT2D eigenvalue weighted by molar-refractivity contribution is -0.103. The number of benzene rings is 1. The molecule has 1 fully saturated rings. The van der Waals surface area contributed by atoms with Gasteiger partial charge in [0.15, 0.2) is 12.5 Å². The Labute approximate surface area is 134 Å². The van der Waals surface area contributed by atoms with Crippen molar-refractivity contribution < 1.29 is 23.4 Å². The summed E-state index contributed by atoms with van der Waals surface area (Å²) in [6.45, 7) is -0.246. The van der Waals surface area contributed by atoms with E-state index in [0.717, 1.165) is 10.8 Å². The molecular weight excluding hydrogens is 323 g/mol. The quantitative estimate of drug-likeness (QED) is 0.812. The van der Waals surface area contributed by atoms with E-state index in [1.54, 1.807) is 30.3 Å². The highest BCUT2D eigenvalue weighted by molar-refractivity contribution is 5.89. The van der Waals surface area contributed by atoms with Crippen LogP contribution in [0.4, 0.5) is 4.39 Å². The first-order valence-electron chi connectivity index (χ1n) is 7.05. The van der Waals surface area contributed by atoms with E-state index in [-0.39, 0.29) is 13.2 Å². The van der Waals surface area contributed by atoms with Gasteiger partial charge in [-0.3, -0.25) is 14.3 Å². The molecule has 8 nitrogen and oxygen atoms in total. The van der Waals surface area contributed by atoms with E-state index in [4.69, 9.17) is 14.2 Å². The molecule has 0 aliphatic carbocycles. The van der Waals surface area contributed by atoms with E-state index < -0.39 is 35.6 Å². The number of halogens is 1. The Morgan fingerprint density at radius 1 is 1.33 bits per heavy atom. The van der Waals surface area contributed by atoms with Crippen molar-refractivity contribution in [2.75, 3.05) is 13.2 Å². The van der Waals surface area contributed by atoms with Crippen LogP contribution in [-0.4, -0.2) is 35.0 Å². The highest BCUT2D eigenvalue weighted by atomic mass is 19.1. The van der Waals surface area contributed by atoms with Crippen LogP contribution >= 0.6 is 0 Å². The summed E-state index contributed by atoms with van der Waals surface area (Å²) in [7, 11) is 0. The van der Waals surface area contributed by atoms with Crippen LogP contribution in [0.3, 0.4) is 0 Å². The molecule has 1 aromatic heterocycles. The van der Waals surface area contributed by atoms with Crippen molar-refractivity contribution in [1.82, 2.24) is 9.55 Å². The minimum Gasteiger partial charge on any atom is -0.457 e. The van der Waals surface area contributed by atoms with Gasteiger partial charge in [0.1, 0.15) is 6.61 Å². The molecule has 0 amide bonds. The van der Waals surface area contributed by atoms with Crippen LogP contribution in [0.15, 0.2) is 46.1 Å². The van der Waals surface area contributed by atoms with Crippen LogP contribution in [0.25, 0.3) is 0 Å². The van der Waals surface area contributed by atoms with Crippen molar-refractivity contribution in [3.63, 3.8) is 0 Å². The average molecular weight is 336 g/mol. The van der Waals surface area contributed by atoms with E-state index in [1.807, 2.05) is 4.98 Å². The summed E-state index contributed by atoms with van der Waals surface area (Å²) >= 11 is 0. The van der Waals surface area contributed by atoms with Gasteiger partial charge >= 0.3 is 11.7 Å². The first-order valence-corrected chi connectivity index (χ1v) is 7.05. The number of hydrogen-bond acceptors (Lipinski definition) is 6. The van der Waals surface area contributed by atoms with Gasteiger partial charge in [-0.2, -0.15) is 4.39 Å². The molecule has 24 heavy (non-hydrogen) atoms. The van der Waals surface area contributed by atoms with E-state index >= 15 is 0 Å². The third-order valence-corrected chi connectivity index (χ3v) is 3.33. The second kappa shape index (κ2) is 6.77. The molecule has 3 rings (SSSR count). The van der Waals surface area contributed by atoms with Crippen molar-refractivity contribution in [2.45, 2.75) is 12.5 Å². The monoisotopic (exact) mass is 336 g/mol. The van der Waals surface area contributed by atoms with E-state index in [0.29, 0.717) is 5.56 Å². The zero-order chi connectivity index (χ0) is 17.1. The van der Waals surface area contributed by atoms with E-state index in [2.05, 4.69) is 0 Å². The van der Waals surface area contributed by atoms with Crippen LogP contribution in [0, 0.1) is 5.82 Å². The molecule has 1 aliphatic rings. The SMILES string of the molecule is O=C(OC[C@H]1OCC(n2cc(F)c(=O)[nH]c2=O)O1)c1ccccc1. The van der Waals surface area contributed by atoms with Gasteiger partial charge in [0.2, 0.25) is 5.82 Å². The van der Waals surface area contributed by atoms with E-state index in [1.165, 1.54) is 0 Å². The normalized spacial score (nSPS) is 20.0. The van der Waals surface area contributed by atoms with Gasteiger partial charge < -0.3 is 14.2 Å². The standard InChI is InChI=1S/C15H13FN2O6/c16-10-6-18(15(21)17-13(10)19)11-7-22-12(24-11)8-23-14(20)9-4-2-1-3-5-9/h1-6,11-12H,7-8H2,(H,17,19,21)/t11?,12-/m0/s1. The zero-order valence-electron chi connectivity index (χ0n) is 12.3. The Morgan fingerprint density at radius 2 is 2.08 bits per heavy atom. The highest BCUT2D eigenvalue weighted by Crippen LogP contribution is 2.19. The third-order valence-electron chi connectivity index (χ3n) is 3.33. The predicted octanol–water partition coefficient (Wildman–Crippen LogP) is 0.404. The zero-order valence-corrected chi connectivity index (χ0v) is 12.3. The van der Waals surface area contributed by atoms with Crippen LogP contribution < -0.4 is 11.2 Å². The number of carbonyl (C=O) groups is 1. The summed E-state index contributed by atoms with van der Waals surface area (Å²) in [6, 6.07) is 8.37. The smallest absolute Gasteiger partial charge is 0.338 e. The molecule has 1 aromatic carbocycles. The third kappa shape index (κ3) is 3.42. The second-order valence-electron chi connectivity index (χ2n) is 4.96. The Balaban J connectivity index is 1.60. The molecule has 0 saturated carbocycles. The van der Waals surface area contributed by atoms with Gasteiger partial charge in [-0.15, -0.1) is 0 Å². The predicted molar refractivity (Wildman–Crippen MR) is 77.9 cm³/mol. The maximum Gasteiger partial charge on any atom is 0.338 e. The molecule has 2 atom stereocenters. The van der Waals surface area contributed by atoms with Crippen LogP contribution in [0.5, 0.6) is 0 Å². The minimum absolute atomic E-state index is 0.0566. The maximum absolute atomic E-state index is 13.3. The maximum atomic E-state index is 13.3. The molecule has 1 N–H and O–H groups in total. The van der Waals surface area contributed by atoms with Crippen LogP contribution in [0.2, 0.25) is 0 Å². The lowest BCUT2D eigenvalue weighted by atomic mass is 10.2. The fourth-order valence-electron chi connectivity index (χ4n) is 2.15. The second-order valence-corrected chi connectivity index (χ2v) is 4.96. The number of aromatic amines is 1. The number of nitrogens with zero attached hydrogens (tertiary/aromatic N) is 1. The number of carbonyl (C=O) groups excluding carboxylic acids is 1. The Hall–Kier alpha value is -2.78. The van der Waals surface area contributed by atoms with Gasteiger partial charge in [0.05, 0.1) is 18.4 Å². The van der Waals surface area contributed by atoms with Gasteiger partial charge in [-0.05, 0) is 12.1 Å². The van der Waals surface area contributed by atoms with Crippen molar-refractivity contribution in [2.24, 2.45) is 0 Å². The molecule has 0 spiro atoms. The first-order chi connectivity index (χ1) is 11.5. The number of esters is 1. The average Bonchev–Trinajstić information content (AvgIpc) is 3.05. The lowest BCUT2D eigenvalue weighted by Crippen LogP contribution is -2.34. The molecule has 1 aliphatic heterocycles.